The molecule has 2 aromatic carbocycles. The van der Waals surface area contributed by atoms with Crippen molar-refractivity contribution < 1.29 is 9.59 Å². The van der Waals surface area contributed by atoms with E-state index in [0.717, 1.165) is 35.1 Å². The number of aryl methyl sites for hydroxylation is 1. The van der Waals surface area contributed by atoms with Crippen LogP contribution in [0.2, 0.25) is 0 Å². The first-order valence-electron chi connectivity index (χ1n) is 8.52. The zero-order chi connectivity index (χ0) is 17.8. The van der Waals surface area contributed by atoms with Crippen LogP contribution in [0.25, 0.3) is 0 Å². The summed E-state index contributed by atoms with van der Waals surface area (Å²) in [6, 6.07) is 13.0. The van der Waals surface area contributed by atoms with Crippen LogP contribution in [-0.4, -0.2) is 29.8 Å². The Kier molecular flexibility index (Phi) is 5.73. The number of likely N-dealkylation sites (tertiary alicyclic amines) is 1. The Morgan fingerprint density at radius 3 is 2.44 bits per heavy atom. The van der Waals surface area contributed by atoms with Crippen molar-refractivity contribution in [3.8, 4) is 0 Å². The molecule has 0 aliphatic carbocycles. The first kappa shape index (κ1) is 17.9. The monoisotopic (exact) mass is 448 g/mol. The molecule has 1 aliphatic heterocycles. The minimum absolute atomic E-state index is 0.00157. The Labute approximate surface area is 161 Å². The zero-order valence-electron chi connectivity index (χ0n) is 14.2. The van der Waals surface area contributed by atoms with Crippen molar-refractivity contribution in [2.75, 3.05) is 18.4 Å². The SMILES string of the molecule is Cc1ccccc1C(=O)Nc1ccc(I)cc1C(=O)N1CCCCC1. The summed E-state index contributed by atoms with van der Waals surface area (Å²) in [6.07, 6.45) is 3.26. The molecule has 1 saturated heterocycles. The molecule has 130 valence electrons. The predicted octanol–water partition coefficient (Wildman–Crippen LogP) is 4.48. The van der Waals surface area contributed by atoms with Crippen LogP contribution in [0.1, 0.15) is 45.5 Å². The molecule has 25 heavy (non-hydrogen) atoms. The van der Waals surface area contributed by atoms with Gasteiger partial charge in [0.25, 0.3) is 11.8 Å². The number of anilines is 1. The molecule has 0 atom stereocenters. The lowest BCUT2D eigenvalue weighted by molar-refractivity contribution is 0.0725. The van der Waals surface area contributed by atoms with Gasteiger partial charge in [-0.05, 0) is 78.6 Å². The van der Waals surface area contributed by atoms with Crippen molar-refractivity contribution in [2.45, 2.75) is 26.2 Å². The number of benzene rings is 2. The summed E-state index contributed by atoms with van der Waals surface area (Å²) in [5, 5.41) is 2.93. The van der Waals surface area contributed by atoms with Gasteiger partial charge in [-0.1, -0.05) is 18.2 Å². The number of piperidine rings is 1. The van der Waals surface area contributed by atoms with Crippen molar-refractivity contribution in [3.63, 3.8) is 0 Å². The van der Waals surface area contributed by atoms with E-state index >= 15 is 0 Å². The van der Waals surface area contributed by atoms with Crippen molar-refractivity contribution in [1.82, 2.24) is 4.90 Å². The first-order chi connectivity index (χ1) is 12.1. The number of carbonyl (C=O) groups is 2. The molecule has 1 heterocycles. The van der Waals surface area contributed by atoms with E-state index in [9.17, 15) is 9.59 Å². The number of nitrogens with one attached hydrogen (secondary N) is 1. The quantitative estimate of drug-likeness (QED) is 0.705. The molecule has 0 aromatic heterocycles. The molecule has 2 aromatic rings. The molecule has 0 spiro atoms. The first-order valence-corrected chi connectivity index (χ1v) is 9.60. The lowest BCUT2D eigenvalue weighted by atomic mass is 10.1. The van der Waals surface area contributed by atoms with Crippen LogP contribution >= 0.6 is 22.6 Å². The smallest absolute Gasteiger partial charge is 0.256 e. The molecular weight excluding hydrogens is 427 g/mol. The van der Waals surface area contributed by atoms with Gasteiger partial charge in [0.15, 0.2) is 0 Å². The Morgan fingerprint density at radius 1 is 1.00 bits per heavy atom. The third-order valence-electron chi connectivity index (χ3n) is 4.49. The highest BCUT2D eigenvalue weighted by molar-refractivity contribution is 14.1. The molecule has 5 heteroatoms. The van der Waals surface area contributed by atoms with E-state index < -0.39 is 0 Å². The number of carbonyl (C=O) groups excluding carboxylic acids is 2. The maximum absolute atomic E-state index is 12.9. The van der Waals surface area contributed by atoms with Gasteiger partial charge in [0.2, 0.25) is 0 Å². The third kappa shape index (κ3) is 4.21. The van der Waals surface area contributed by atoms with E-state index in [1.165, 1.54) is 6.42 Å². The van der Waals surface area contributed by atoms with Crippen LogP contribution < -0.4 is 5.32 Å². The number of nitrogens with zero attached hydrogens (tertiary/aromatic N) is 1. The molecule has 1 aliphatic rings. The molecule has 2 amide bonds. The van der Waals surface area contributed by atoms with Crippen molar-refractivity contribution in [3.05, 3.63) is 62.7 Å². The van der Waals surface area contributed by atoms with Crippen molar-refractivity contribution in [2.24, 2.45) is 0 Å². The molecule has 3 rings (SSSR count). The molecule has 0 saturated carbocycles. The molecular formula is C20H21IN2O2. The summed E-state index contributed by atoms with van der Waals surface area (Å²) in [5.41, 5.74) is 2.67. The van der Waals surface area contributed by atoms with Crippen LogP contribution in [0.3, 0.4) is 0 Å². The van der Waals surface area contributed by atoms with Crippen LogP contribution in [0.15, 0.2) is 42.5 Å². The van der Waals surface area contributed by atoms with E-state index in [2.05, 4.69) is 27.9 Å². The molecule has 4 nitrogen and oxygen atoms in total. The fourth-order valence-electron chi connectivity index (χ4n) is 3.09. The number of halogens is 1. The van der Waals surface area contributed by atoms with E-state index in [-0.39, 0.29) is 11.8 Å². The Balaban J connectivity index is 1.87. The average molecular weight is 448 g/mol. The van der Waals surface area contributed by atoms with E-state index in [1.54, 1.807) is 6.07 Å². The summed E-state index contributed by atoms with van der Waals surface area (Å²) in [6.45, 7) is 3.48. The van der Waals surface area contributed by atoms with Gasteiger partial charge < -0.3 is 10.2 Å². The van der Waals surface area contributed by atoms with Crippen LogP contribution in [0, 0.1) is 10.5 Å². The van der Waals surface area contributed by atoms with Crippen LogP contribution in [0.5, 0.6) is 0 Å². The average Bonchev–Trinajstić information content (AvgIpc) is 2.63. The second-order valence-corrected chi connectivity index (χ2v) is 7.56. The predicted molar refractivity (Wildman–Crippen MR) is 108 cm³/mol. The molecule has 0 unspecified atom stereocenters. The van der Waals surface area contributed by atoms with E-state index in [4.69, 9.17) is 0 Å². The van der Waals surface area contributed by atoms with Gasteiger partial charge in [-0.15, -0.1) is 0 Å². The lowest BCUT2D eigenvalue weighted by Crippen LogP contribution is -2.36. The summed E-state index contributed by atoms with van der Waals surface area (Å²) in [4.78, 5) is 27.4. The van der Waals surface area contributed by atoms with Gasteiger partial charge in [-0.2, -0.15) is 0 Å². The fraction of sp³-hybridized carbons (Fsp3) is 0.300. The van der Waals surface area contributed by atoms with Gasteiger partial charge in [0, 0.05) is 22.2 Å². The van der Waals surface area contributed by atoms with Gasteiger partial charge in [-0.25, -0.2) is 0 Å². The minimum atomic E-state index is -0.188. The van der Waals surface area contributed by atoms with Gasteiger partial charge >= 0.3 is 0 Å². The Morgan fingerprint density at radius 2 is 1.72 bits per heavy atom. The Hall–Kier alpha value is -1.89. The number of hydrogen-bond donors (Lipinski definition) is 1. The minimum Gasteiger partial charge on any atom is -0.339 e. The zero-order valence-corrected chi connectivity index (χ0v) is 16.4. The largest absolute Gasteiger partial charge is 0.339 e. The number of hydrogen-bond acceptors (Lipinski definition) is 2. The summed E-state index contributed by atoms with van der Waals surface area (Å²) in [5.74, 6) is -0.190. The van der Waals surface area contributed by atoms with E-state index in [1.807, 2.05) is 48.2 Å². The Bertz CT molecular complexity index is 798. The maximum atomic E-state index is 12.9. The summed E-state index contributed by atoms with van der Waals surface area (Å²) in [7, 11) is 0. The number of rotatable bonds is 3. The molecule has 1 N–H and O–H groups in total. The van der Waals surface area contributed by atoms with Crippen molar-refractivity contribution in [1.29, 1.82) is 0 Å². The highest BCUT2D eigenvalue weighted by Gasteiger charge is 2.22. The standard InChI is InChI=1S/C20H21IN2O2/c1-14-7-3-4-8-16(14)19(24)22-18-10-9-15(21)13-17(18)20(25)23-11-5-2-6-12-23/h3-4,7-10,13H,2,5-6,11-12H2,1H3,(H,22,24). The highest BCUT2D eigenvalue weighted by atomic mass is 127. The fourth-order valence-corrected chi connectivity index (χ4v) is 3.58. The summed E-state index contributed by atoms with van der Waals surface area (Å²) < 4.78 is 0.979. The van der Waals surface area contributed by atoms with Gasteiger partial charge in [0.1, 0.15) is 0 Å². The molecule has 0 bridgehead atoms. The van der Waals surface area contributed by atoms with E-state index in [0.29, 0.717) is 16.8 Å². The topological polar surface area (TPSA) is 49.4 Å². The third-order valence-corrected chi connectivity index (χ3v) is 5.16. The highest BCUT2D eigenvalue weighted by Crippen LogP contribution is 2.23. The van der Waals surface area contributed by atoms with Gasteiger partial charge in [0.05, 0.1) is 11.3 Å². The van der Waals surface area contributed by atoms with Gasteiger partial charge in [-0.3, -0.25) is 9.59 Å². The summed E-state index contributed by atoms with van der Waals surface area (Å²) >= 11 is 2.19. The molecule has 0 radical (unpaired) electrons. The second kappa shape index (κ2) is 7.99. The maximum Gasteiger partial charge on any atom is 0.256 e. The van der Waals surface area contributed by atoms with Crippen LogP contribution in [-0.2, 0) is 0 Å². The van der Waals surface area contributed by atoms with Crippen LogP contribution in [0.4, 0.5) is 5.69 Å². The number of amides is 2. The van der Waals surface area contributed by atoms with Crippen molar-refractivity contribution >= 4 is 40.1 Å². The lowest BCUT2D eigenvalue weighted by Gasteiger charge is -2.27. The second-order valence-electron chi connectivity index (χ2n) is 6.31. The normalized spacial score (nSPS) is 14.2. The molecule has 1 fully saturated rings.